The van der Waals surface area contributed by atoms with Crippen LogP contribution in [0.25, 0.3) is 0 Å². The van der Waals surface area contributed by atoms with Gasteiger partial charge >= 0.3 is 5.97 Å². The van der Waals surface area contributed by atoms with Crippen LogP contribution in [0.1, 0.15) is 30.4 Å². The summed E-state index contributed by atoms with van der Waals surface area (Å²) in [4.78, 5) is 21.8. The first kappa shape index (κ1) is 16.8. The quantitative estimate of drug-likeness (QED) is 0.651. The van der Waals surface area contributed by atoms with Gasteiger partial charge in [-0.2, -0.15) is 4.31 Å². The first-order valence-electron chi connectivity index (χ1n) is 7.67. The van der Waals surface area contributed by atoms with Gasteiger partial charge in [-0.3, -0.25) is 14.9 Å². The number of carboxylic acids is 1. The molecule has 3 rings (SSSR count). The molecule has 0 amide bonds. The second kappa shape index (κ2) is 5.52. The number of fused-ring (bicyclic) bond motifs is 2. The predicted molar refractivity (Wildman–Crippen MR) is 84.1 cm³/mol. The summed E-state index contributed by atoms with van der Waals surface area (Å²) in [6, 6.07) is 2.03. The Kier molecular flexibility index (Phi) is 3.88. The van der Waals surface area contributed by atoms with Gasteiger partial charge in [0.15, 0.2) is 4.90 Å². The smallest absolute Gasteiger partial charge is 0.308 e. The van der Waals surface area contributed by atoms with Crippen molar-refractivity contribution in [1.29, 1.82) is 0 Å². The molecule has 24 heavy (non-hydrogen) atoms. The fraction of sp³-hybridized carbons (Fsp3) is 0.533. The Morgan fingerprint density at radius 1 is 1.29 bits per heavy atom. The van der Waals surface area contributed by atoms with Crippen molar-refractivity contribution in [1.82, 2.24) is 4.31 Å². The highest BCUT2D eigenvalue weighted by molar-refractivity contribution is 7.89. The third kappa shape index (κ3) is 2.30. The second-order valence-electron chi connectivity index (χ2n) is 6.45. The van der Waals surface area contributed by atoms with Gasteiger partial charge in [0.05, 0.1) is 10.8 Å². The molecule has 8 nitrogen and oxygen atoms in total. The molecule has 0 aromatic heterocycles. The molecular weight excluding hydrogens is 336 g/mol. The number of carbonyl (C=O) groups is 1. The van der Waals surface area contributed by atoms with E-state index in [1.54, 1.807) is 6.07 Å². The molecular formula is C15H18N2O6S. The summed E-state index contributed by atoms with van der Waals surface area (Å²) in [5.41, 5.74) is 0.143. The zero-order chi connectivity index (χ0) is 17.8. The summed E-state index contributed by atoms with van der Waals surface area (Å²) in [6.07, 6.45) is 1.32. The van der Waals surface area contributed by atoms with Crippen molar-refractivity contribution in [3.63, 3.8) is 0 Å². The van der Waals surface area contributed by atoms with Gasteiger partial charge in [-0.25, -0.2) is 8.42 Å². The molecule has 0 spiro atoms. The Morgan fingerprint density at radius 3 is 2.46 bits per heavy atom. The molecule has 2 bridgehead atoms. The Bertz CT molecular complexity index is 835. The normalized spacial score (nSPS) is 26.7. The molecule has 2 aliphatic rings. The maximum Gasteiger partial charge on any atom is 0.308 e. The van der Waals surface area contributed by atoms with Crippen molar-refractivity contribution in [2.24, 2.45) is 5.92 Å². The van der Waals surface area contributed by atoms with Crippen molar-refractivity contribution in [2.45, 2.75) is 50.1 Å². The summed E-state index contributed by atoms with van der Waals surface area (Å²) in [5.74, 6) is -1.76. The summed E-state index contributed by atoms with van der Waals surface area (Å²) in [7, 11) is -4.14. The standard InChI is InChI=1S/C15H18N2O6S/c1-8-3-4-9(2)14(13(8)17(20)21)24(22,23)16-10-5-6-12(16)11(7-10)15(18)19/h3-4,10-12H,5-7H2,1-2H3,(H,18,19). The molecule has 2 fully saturated rings. The van der Waals surface area contributed by atoms with Crippen LogP contribution in [0.4, 0.5) is 5.69 Å². The Labute approximate surface area is 139 Å². The van der Waals surface area contributed by atoms with Crippen molar-refractivity contribution in [3.8, 4) is 0 Å². The summed E-state index contributed by atoms with van der Waals surface area (Å²) in [6.45, 7) is 3.02. The number of sulfonamides is 1. The first-order chi connectivity index (χ1) is 11.2. The van der Waals surface area contributed by atoms with Gasteiger partial charge in [0, 0.05) is 17.6 Å². The molecule has 0 saturated carbocycles. The lowest BCUT2D eigenvalue weighted by atomic mass is 9.89. The molecule has 3 atom stereocenters. The van der Waals surface area contributed by atoms with E-state index in [2.05, 4.69) is 0 Å². The number of hydrogen-bond donors (Lipinski definition) is 1. The fourth-order valence-corrected chi connectivity index (χ4v) is 6.37. The van der Waals surface area contributed by atoms with Crippen LogP contribution in [0.5, 0.6) is 0 Å². The third-order valence-corrected chi connectivity index (χ3v) is 7.19. The number of carboxylic acid groups (broad SMARTS) is 1. The van der Waals surface area contributed by atoms with Crippen LogP contribution >= 0.6 is 0 Å². The number of nitro groups is 1. The molecule has 2 aliphatic heterocycles. The molecule has 130 valence electrons. The molecule has 1 N–H and O–H groups in total. The lowest BCUT2D eigenvalue weighted by Gasteiger charge is -2.23. The van der Waals surface area contributed by atoms with Crippen LogP contribution in [0.3, 0.4) is 0 Å². The number of nitro benzene ring substituents is 1. The minimum absolute atomic E-state index is 0.262. The highest BCUT2D eigenvalue weighted by atomic mass is 32.2. The number of nitrogens with zero attached hydrogens (tertiary/aromatic N) is 2. The third-order valence-electron chi connectivity index (χ3n) is 5.04. The van der Waals surface area contributed by atoms with E-state index >= 15 is 0 Å². The van der Waals surface area contributed by atoms with Gasteiger partial charge in [0.2, 0.25) is 0 Å². The Morgan fingerprint density at radius 2 is 1.92 bits per heavy atom. The van der Waals surface area contributed by atoms with E-state index in [4.69, 9.17) is 0 Å². The number of hydrogen-bond acceptors (Lipinski definition) is 5. The van der Waals surface area contributed by atoms with E-state index < -0.39 is 44.6 Å². The summed E-state index contributed by atoms with van der Waals surface area (Å²) >= 11 is 0. The molecule has 2 saturated heterocycles. The zero-order valence-electron chi connectivity index (χ0n) is 13.3. The largest absolute Gasteiger partial charge is 0.481 e. The summed E-state index contributed by atoms with van der Waals surface area (Å²) in [5, 5.41) is 20.7. The van der Waals surface area contributed by atoms with Crippen LogP contribution in [0.2, 0.25) is 0 Å². The van der Waals surface area contributed by atoms with E-state index in [9.17, 15) is 28.4 Å². The van der Waals surface area contributed by atoms with Crippen LogP contribution in [-0.4, -0.2) is 40.8 Å². The molecule has 0 radical (unpaired) electrons. The second-order valence-corrected chi connectivity index (χ2v) is 8.23. The monoisotopic (exact) mass is 354 g/mol. The van der Waals surface area contributed by atoms with Gasteiger partial charge in [-0.1, -0.05) is 12.1 Å². The van der Waals surface area contributed by atoms with E-state index in [1.165, 1.54) is 24.2 Å². The van der Waals surface area contributed by atoms with Crippen LogP contribution in [0, 0.1) is 29.9 Å². The zero-order valence-corrected chi connectivity index (χ0v) is 14.1. The van der Waals surface area contributed by atoms with Crippen LogP contribution in [0.15, 0.2) is 17.0 Å². The Balaban J connectivity index is 2.16. The van der Waals surface area contributed by atoms with Crippen molar-refractivity contribution in [2.75, 3.05) is 0 Å². The Hall–Kier alpha value is -2.00. The average Bonchev–Trinajstić information content (AvgIpc) is 3.07. The fourth-order valence-electron chi connectivity index (χ4n) is 4.01. The number of benzene rings is 1. The van der Waals surface area contributed by atoms with Crippen molar-refractivity contribution in [3.05, 3.63) is 33.4 Å². The summed E-state index contributed by atoms with van der Waals surface area (Å²) < 4.78 is 27.6. The van der Waals surface area contributed by atoms with Crippen molar-refractivity contribution < 1.29 is 23.2 Å². The van der Waals surface area contributed by atoms with E-state index in [0.717, 1.165) is 0 Å². The molecule has 0 aliphatic carbocycles. The molecule has 9 heteroatoms. The number of aryl methyl sites for hydroxylation is 2. The maximum atomic E-state index is 13.2. The SMILES string of the molecule is Cc1ccc(C)c(S(=O)(=O)N2C3CCC2C(C(=O)O)C3)c1[N+](=O)[O-]. The molecule has 1 aromatic rings. The van der Waals surface area contributed by atoms with E-state index in [-0.39, 0.29) is 16.9 Å². The van der Waals surface area contributed by atoms with Gasteiger partial charge in [0.25, 0.3) is 15.7 Å². The van der Waals surface area contributed by atoms with Crippen LogP contribution in [-0.2, 0) is 14.8 Å². The highest BCUT2D eigenvalue weighted by Gasteiger charge is 2.55. The molecule has 1 aromatic carbocycles. The van der Waals surface area contributed by atoms with Crippen LogP contribution < -0.4 is 0 Å². The molecule has 3 unspecified atom stereocenters. The highest BCUT2D eigenvalue weighted by Crippen LogP contribution is 2.46. The van der Waals surface area contributed by atoms with Gasteiger partial charge in [0.1, 0.15) is 0 Å². The van der Waals surface area contributed by atoms with E-state index in [0.29, 0.717) is 18.4 Å². The lowest BCUT2D eigenvalue weighted by Crippen LogP contribution is -2.38. The number of aliphatic carboxylic acids is 1. The first-order valence-corrected chi connectivity index (χ1v) is 9.11. The topological polar surface area (TPSA) is 118 Å². The maximum absolute atomic E-state index is 13.2. The van der Waals surface area contributed by atoms with Gasteiger partial charge in [-0.15, -0.1) is 0 Å². The van der Waals surface area contributed by atoms with Gasteiger partial charge in [-0.05, 0) is 38.7 Å². The molecule has 2 heterocycles. The minimum atomic E-state index is -4.14. The lowest BCUT2D eigenvalue weighted by molar-refractivity contribution is -0.388. The minimum Gasteiger partial charge on any atom is -0.481 e. The van der Waals surface area contributed by atoms with E-state index in [1.807, 2.05) is 0 Å². The predicted octanol–water partition coefficient (Wildman–Crippen LogP) is 1.84. The average molecular weight is 354 g/mol. The number of rotatable bonds is 4. The van der Waals surface area contributed by atoms with Crippen molar-refractivity contribution >= 4 is 21.7 Å². The van der Waals surface area contributed by atoms with Gasteiger partial charge < -0.3 is 5.11 Å².